The van der Waals surface area contributed by atoms with Crippen molar-refractivity contribution in [3.05, 3.63) is 42.6 Å². The van der Waals surface area contributed by atoms with Crippen LogP contribution in [-0.4, -0.2) is 38.3 Å². The minimum absolute atomic E-state index is 0.251. The summed E-state index contributed by atoms with van der Waals surface area (Å²) in [5, 5.41) is 15.2. The van der Waals surface area contributed by atoms with Crippen molar-refractivity contribution in [2.45, 2.75) is 32.9 Å². The minimum atomic E-state index is -0.519. The zero-order chi connectivity index (χ0) is 16.7. The van der Waals surface area contributed by atoms with Gasteiger partial charge in [0.2, 0.25) is 0 Å². The van der Waals surface area contributed by atoms with Gasteiger partial charge in [0.05, 0.1) is 6.10 Å². The fourth-order valence-corrected chi connectivity index (χ4v) is 2.19. The maximum atomic E-state index is 11.8. The standard InChI is InChI=1S/C16H23N5O2/c1-12(2)7-14(22)10-20-16(23)19-9-13-3-4-18-15(8-13)21-6-5-17-11-21/h3-6,8,11-12,14,22H,7,9-10H2,1-2H3,(H2,19,20,23). The fraction of sp³-hybridized carbons (Fsp3) is 0.438. The number of rotatable bonds is 7. The van der Waals surface area contributed by atoms with E-state index in [0.29, 0.717) is 18.9 Å². The molecule has 0 aromatic carbocycles. The summed E-state index contributed by atoms with van der Waals surface area (Å²) in [4.78, 5) is 20.0. The van der Waals surface area contributed by atoms with Crippen LogP contribution >= 0.6 is 0 Å². The number of amides is 2. The summed E-state index contributed by atoms with van der Waals surface area (Å²) in [5.74, 6) is 1.14. The van der Waals surface area contributed by atoms with Crippen LogP contribution in [0, 0.1) is 5.92 Å². The third-order valence-electron chi connectivity index (χ3n) is 3.27. The molecule has 3 N–H and O–H groups in total. The van der Waals surface area contributed by atoms with E-state index in [1.165, 1.54) is 0 Å². The lowest BCUT2D eigenvalue weighted by atomic mass is 10.1. The monoisotopic (exact) mass is 317 g/mol. The Morgan fingerprint density at radius 1 is 1.35 bits per heavy atom. The Hall–Kier alpha value is -2.41. The largest absolute Gasteiger partial charge is 0.391 e. The summed E-state index contributed by atoms with van der Waals surface area (Å²) in [6.45, 7) is 4.70. The highest BCUT2D eigenvalue weighted by molar-refractivity contribution is 5.73. The van der Waals surface area contributed by atoms with E-state index >= 15 is 0 Å². The first kappa shape index (κ1) is 17.0. The number of nitrogens with zero attached hydrogens (tertiary/aromatic N) is 3. The number of urea groups is 1. The number of nitrogens with one attached hydrogen (secondary N) is 2. The summed E-state index contributed by atoms with van der Waals surface area (Å²) in [5.41, 5.74) is 0.932. The first-order chi connectivity index (χ1) is 11.0. The summed E-state index contributed by atoms with van der Waals surface area (Å²) < 4.78 is 1.80. The molecule has 0 spiro atoms. The molecule has 2 heterocycles. The third-order valence-corrected chi connectivity index (χ3v) is 3.27. The number of hydrogen-bond donors (Lipinski definition) is 3. The molecule has 23 heavy (non-hydrogen) atoms. The molecule has 1 unspecified atom stereocenters. The Morgan fingerprint density at radius 3 is 2.87 bits per heavy atom. The molecule has 0 bridgehead atoms. The summed E-state index contributed by atoms with van der Waals surface area (Å²) >= 11 is 0. The van der Waals surface area contributed by atoms with E-state index in [2.05, 4.69) is 20.6 Å². The Kier molecular flexibility index (Phi) is 6.10. The first-order valence-corrected chi connectivity index (χ1v) is 7.67. The van der Waals surface area contributed by atoms with Crippen LogP contribution in [-0.2, 0) is 6.54 Å². The number of pyridine rings is 1. The molecule has 0 saturated carbocycles. The molecule has 0 fully saturated rings. The number of hydrogen-bond acceptors (Lipinski definition) is 4. The van der Waals surface area contributed by atoms with Crippen molar-refractivity contribution in [3.63, 3.8) is 0 Å². The molecule has 7 heteroatoms. The minimum Gasteiger partial charge on any atom is -0.391 e. The van der Waals surface area contributed by atoms with E-state index in [9.17, 15) is 9.90 Å². The van der Waals surface area contributed by atoms with Crippen LogP contribution in [0.3, 0.4) is 0 Å². The number of carbonyl (C=O) groups is 1. The molecule has 0 radical (unpaired) electrons. The van der Waals surface area contributed by atoms with Gasteiger partial charge in [-0.25, -0.2) is 14.8 Å². The van der Waals surface area contributed by atoms with Crippen molar-refractivity contribution in [2.75, 3.05) is 6.54 Å². The number of carbonyl (C=O) groups excluding carboxylic acids is 1. The van der Waals surface area contributed by atoms with Crippen LogP contribution in [0.1, 0.15) is 25.8 Å². The summed E-state index contributed by atoms with van der Waals surface area (Å²) in [6, 6.07) is 3.43. The van der Waals surface area contributed by atoms with E-state index in [1.54, 1.807) is 23.3 Å². The third kappa shape index (κ3) is 5.71. The Balaban J connectivity index is 1.79. The zero-order valence-corrected chi connectivity index (χ0v) is 13.4. The predicted molar refractivity (Wildman–Crippen MR) is 87.1 cm³/mol. The normalized spacial score (nSPS) is 12.2. The molecule has 2 aromatic rings. The van der Waals surface area contributed by atoms with Crippen molar-refractivity contribution in [1.29, 1.82) is 0 Å². The van der Waals surface area contributed by atoms with Gasteiger partial charge in [0, 0.05) is 31.7 Å². The lowest BCUT2D eigenvalue weighted by molar-refractivity contribution is 0.147. The number of aromatic nitrogens is 3. The molecule has 2 aromatic heterocycles. The molecule has 7 nitrogen and oxygen atoms in total. The molecular weight excluding hydrogens is 294 g/mol. The average Bonchev–Trinajstić information content (AvgIpc) is 3.05. The van der Waals surface area contributed by atoms with Gasteiger partial charge in [-0.2, -0.15) is 0 Å². The highest BCUT2D eigenvalue weighted by Gasteiger charge is 2.09. The van der Waals surface area contributed by atoms with E-state index in [0.717, 1.165) is 11.4 Å². The number of imidazole rings is 1. The second-order valence-corrected chi connectivity index (χ2v) is 5.84. The lowest BCUT2D eigenvalue weighted by Crippen LogP contribution is -2.39. The summed E-state index contributed by atoms with van der Waals surface area (Å²) in [6.07, 6.45) is 7.00. The quantitative estimate of drug-likeness (QED) is 0.721. The molecule has 2 rings (SSSR count). The van der Waals surface area contributed by atoms with Crippen LogP contribution < -0.4 is 10.6 Å². The molecule has 124 valence electrons. The highest BCUT2D eigenvalue weighted by Crippen LogP contribution is 2.06. The lowest BCUT2D eigenvalue weighted by Gasteiger charge is -2.14. The first-order valence-electron chi connectivity index (χ1n) is 7.67. The number of aliphatic hydroxyl groups excluding tert-OH is 1. The van der Waals surface area contributed by atoms with E-state index < -0.39 is 6.10 Å². The molecule has 0 aliphatic carbocycles. The Labute approximate surface area is 135 Å². The fourth-order valence-electron chi connectivity index (χ4n) is 2.19. The molecule has 0 aliphatic rings. The summed E-state index contributed by atoms with van der Waals surface area (Å²) in [7, 11) is 0. The average molecular weight is 317 g/mol. The predicted octanol–water partition coefficient (Wildman–Crippen LogP) is 1.47. The van der Waals surface area contributed by atoms with Crippen molar-refractivity contribution in [2.24, 2.45) is 5.92 Å². The van der Waals surface area contributed by atoms with Crippen LogP contribution in [0.15, 0.2) is 37.1 Å². The highest BCUT2D eigenvalue weighted by atomic mass is 16.3. The van der Waals surface area contributed by atoms with E-state index in [-0.39, 0.29) is 12.6 Å². The molecule has 0 aliphatic heterocycles. The topological polar surface area (TPSA) is 92.1 Å². The Morgan fingerprint density at radius 2 is 2.17 bits per heavy atom. The second kappa shape index (κ2) is 8.28. The maximum absolute atomic E-state index is 11.8. The zero-order valence-electron chi connectivity index (χ0n) is 13.4. The van der Waals surface area contributed by atoms with Gasteiger partial charge in [0.1, 0.15) is 12.1 Å². The van der Waals surface area contributed by atoms with Gasteiger partial charge in [0.15, 0.2) is 0 Å². The van der Waals surface area contributed by atoms with Gasteiger partial charge < -0.3 is 15.7 Å². The van der Waals surface area contributed by atoms with E-state index in [4.69, 9.17) is 0 Å². The van der Waals surface area contributed by atoms with Gasteiger partial charge in [-0.3, -0.25) is 4.57 Å². The smallest absolute Gasteiger partial charge is 0.315 e. The van der Waals surface area contributed by atoms with Gasteiger partial charge in [-0.05, 0) is 30.0 Å². The molecular formula is C16H23N5O2. The maximum Gasteiger partial charge on any atom is 0.315 e. The van der Waals surface area contributed by atoms with Crippen LogP contribution in [0.4, 0.5) is 4.79 Å². The SMILES string of the molecule is CC(C)CC(O)CNC(=O)NCc1ccnc(-n2ccnc2)c1. The van der Waals surface area contributed by atoms with Crippen molar-refractivity contribution >= 4 is 6.03 Å². The van der Waals surface area contributed by atoms with Crippen molar-refractivity contribution in [1.82, 2.24) is 25.2 Å². The number of aliphatic hydroxyl groups is 1. The Bertz CT molecular complexity index is 613. The van der Waals surface area contributed by atoms with Crippen LogP contribution in [0.5, 0.6) is 0 Å². The molecule has 1 atom stereocenters. The van der Waals surface area contributed by atoms with Crippen LogP contribution in [0.2, 0.25) is 0 Å². The van der Waals surface area contributed by atoms with Gasteiger partial charge in [-0.15, -0.1) is 0 Å². The molecule has 2 amide bonds. The molecule has 0 saturated heterocycles. The van der Waals surface area contributed by atoms with E-state index in [1.807, 2.05) is 32.2 Å². The van der Waals surface area contributed by atoms with Crippen molar-refractivity contribution < 1.29 is 9.90 Å². The van der Waals surface area contributed by atoms with Gasteiger partial charge >= 0.3 is 6.03 Å². The van der Waals surface area contributed by atoms with Gasteiger partial charge in [0.25, 0.3) is 0 Å². The van der Waals surface area contributed by atoms with Crippen LogP contribution in [0.25, 0.3) is 5.82 Å². The second-order valence-electron chi connectivity index (χ2n) is 5.84. The van der Waals surface area contributed by atoms with Crippen molar-refractivity contribution in [3.8, 4) is 5.82 Å². The van der Waals surface area contributed by atoms with Gasteiger partial charge in [-0.1, -0.05) is 13.8 Å².